The van der Waals surface area contributed by atoms with Gasteiger partial charge in [0.05, 0.1) is 10.4 Å². The highest BCUT2D eigenvalue weighted by Crippen LogP contribution is 1.95. The summed E-state index contributed by atoms with van der Waals surface area (Å²) in [7, 11) is 0.954. The molecule has 0 unspecified atom stereocenters. The molecular weight excluding hydrogens is 168 g/mol. The molecule has 0 atom stereocenters. The largest absolute Gasteiger partial charge is 0.360 e. The molecule has 1 aromatic carbocycles. The van der Waals surface area contributed by atoms with Crippen LogP contribution in [0.2, 0.25) is 0 Å². The van der Waals surface area contributed by atoms with Gasteiger partial charge in [0.2, 0.25) is 0 Å². The van der Waals surface area contributed by atoms with Crippen molar-refractivity contribution in [1.29, 1.82) is 0 Å². The topological polar surface area (TPSA) is 24.1 Å². The Bertz CT molecular complexity index is 191. The first-order chi connectivity index (χ1) is 5.43. The van der Waals surface area contributed by atoms with Crippen LogP contribution in [-0.4, -0.2) is 20.2 Å². The molecule has 0 saturated heterocycles. The van der Waals surface area contributed by atoms with Gasteiger partial charge in [-0.3, -0.25) is 0 Å². The molecule has 2 N–H and O–H groups in total. The van der Waals surface area contributed by atoms with Crippen molar-refractivity contribution in [2.75, 3.05) is 0 Å². The van der Waals surface area contributed by atoms with Gasteiger partial charge in [0.25, 0.3) is 0 Å². The second kappa shape index (κ2) is 5.25. The molecule has 0 spiro atoms. The zero-order chi connectivity index (χ0) is 7.94. The number of hydrogen-bond donors (Lipinski definition) is 2. The van der Waals surface area contributed by atoms with E-state index in [2.05, 4.69) is 33.9 Å². The van der Waals surface area contributed by atoms with Crippen molar-refractivity contribution < 1.29 is 0 Å². The SMILES string of the molecule is [SiH3]N[SiH2]NCc1ccccc1. The fraction of sp³-hybridized carbons (Fsp3) is 0.143. The van der Waals surface area contributed by atoms with E-state index < -0.39 is 0 Å². The fourth-order valence-corrected chi connectivity index (χ4v) is 2.34. The van der Waals surface area contributed by atoms with E-state index >= 15 is 0 Å². The average Bonchev–Trinajstić information content (AvgIpc) is 2.07. The van der Waals surface area contributed by atoms with Gasteiger partial charge in [-0.1, -0.05) is 30.3 Å². The first-order valence-electron chi connectivity index (χ1n) is 3.82. The molecule has 0 aliphatic carbocycles. The Balaban J connectivity index is 2.28. The van der Waals surface area contributed by atoms with E-state index in [4.69, 9.17) is 0 Å². The lowest BCUT2D eigenvalue weighted by Crippen LogP contribution is -2.30. The minimum absolute atomic E-state index is 0.160. The summed E-state index contributed by atoms with van der Waals surface area (Å²) >= 11 is 0. The molecule has 2 nitrogen and oxygen atoms in total. The molecule has 0 fully saturated rings. The van der Waals surface area contributed by atoms with Gasteiger partial charge in [-0.2, -0.15) is 0 Å². The van der Waals surface area contributed by atoms with Crippen LogP contribution >= 0.6 is 0 Å². The lowest BCUT2D eigenvalue weighted by molar-refractivity contribution is 0.940. The van der Waals surface area contributed by atoms with Crippen LogP contribution in [0.4, 0.5) is 0 Å². The molecule has 0 aliphatic rings. The number of nitrogens with one attached hydrogen (secondary N) is 2. The zero-order valence-corrected chi connectivity index (χ0v) is 10.2. The number of rotatable bonds is 4. The van der Waals surface area contributed by atoms with E-state index in [1.165, 1.54) is 5.56 Å². The fourth-order valence-electron chi connectivity index (χ4n) is 0.928. The van der Waals surface area contributed by atoms with Crippen LogP contribution in [-0.2, 0) is 6.54 Å². The Kier molecular flexibility index (Phi) is 4.14. The van der Waals surface area contributed by atoms with Crippen LogP contribution in [0.1, 0.15) is 5.56 Å². The smallest absolute Gasteiger partial charge is 0.160 e. The summed E-state index contributed by atoms with van der Waals surface area (Å²) < 4.78 is 3.30. The third-order valence-corrected chi connectivity index (χ3v) is 3.39. The zero-order valence-electron chi connectivity index (χ0n) is 6.80. The molecule has 0 aromatic heterocycles. The van der Waals surface area contributed by atoms with Gasteiger partial charge in [-0.25, -0.2) is 0 Å². The summed E-state index contributed by atoms with van der Waals surface area (Å²) in [5.74, 6) is 0. The molecule has 11 heavy (non-hydrogen) atoms. The molecule has 0 heterocycles. The molecule has 0 amide bonds. The van der Waals surface area contributed by atoms with Crippen molar-refractivity contribution in [3.05, 3.63) is 35.9 Å². The van der Waals surface area contributed by atoms with Crippen LogP contribution in [0.25, 0.3) is 0 Å². The highest BCUT2D eigenvalue weighted by atomic mass is 28.3. The van der Waals surface area contributed by atoms with Gasteiger partial charge in [0, 0.05) is 6.54 Å². The van der Waals surface area contributed by atoms with Crippen LogP contribution in [0.5, 0.6) is 0 Å². The van der Waals surface area contributed by atoms with Crippen molar-refractivity contribution in [2.24, 2.45) is 0 Å². The summed E-state index contributed by atoms with van der Waals surface area (Å²) in [5.41, 5.74) is 1.37. The molecule has 1 rings (SSSR count). The molecule has 0 radical (unpaired) electrons. The average molecular weight is 182 g/mol. The summed E-state index contributed by atoms with van der Waals surface area (Å²) in [5, 5.41) is 0. The third kappa shape index (κ3) is 3.47. The van der Waals surface area contributed by atoms with Crippen molar-refractivity contribution >= 4 is 20.2 Å². The number of hydrogen-bond acceptors (Lipinski definition) is 2. The van der Waals surface area contributed by atoms with E-state index in [-0.39, 0.29) is 9.84 Å². The first kappa shape index (κ1) is 8.67. The Morgan fingerprint density at radius 2 is 2.00 bits per heavy atom. The first-order valence-corrected chi connectivity index (χ1v) is 6.24. The second-order valence-corrected chi connectivity index (χ2v) is 6.12. The predicted molar refractivity (Wildman–Crippen MR) is 54.9 cm³/mol. The van der Waals surface area contributed by atoms with E-state index in [9.17, 15) is 0 Å². The van der Waals surface area contributed by atoms with E-state index in [0.29, 0.717) is 0 Å². The predicted octanol–water partition coefficient (Wildman–Crippen LogP) is -1.36. The van der Waals surface area contributed by atoms with Crippen molar-refractivity contribution in [2.45, 2.75) is 6.54 Å². The molecule has 0 bridgehead atoms. The molecule has 0 aliphatic heterocycles. The summed E-state index contributed by atoms with van der Waals surface area (Å²) in [6.07, 6.45) is 0. The highest BCUT2D eigenvalue weighted by molar-refractivity contribution is 6.39. The lowest BCUT2D eigenvalue weighted by Gasteiger charge is -2.01. The summed E-state index contributed by atoms with van der Waals surface area (Å²) in [4.78, 5) is 3.41. The van der Waals surface area contributed by atoms with Crippen molar-refractivity contribution in [3.8, 4) is 0 Å². The minimum atomic E-state index is -0.160. The van der Waals surface area contributed by atoms with Gasteiger partial charge >= 0.3 is 0 Å². The normalized spacial score (nSPS) is 11.3. The second-order valence-electron chi connectivity index (χ2n) is 2.44. The Labute approximate surface area is 72.9 Å². The van der Waals surface area contributed by atoms with Gasteiger partial charge < -0.3 is 9.63 Å². The molecular formula is C7H14N2Si2. The maximum atomic E-state index is 3.41. The van der Waals surface area contributed by atoms with Crippen LogP contribution in [0.3, 0.4) is 0 Å². The third-order valence-electron chi connectivity index (χ3n) is 1.47. The highest BCUT2D eigenvalue weighted by Gasteiger charge is 1.87. The molecule has 0 saturated carbocycles. The Morgan fingerprint density at radius 1 is 1.27 bits per heavy atom. The van der Waals surface area contributed by atoms with E-state index in [1.807, 2.05) is 6.07 Å². The van der Waals surface area contributed by atoms with Gasteiger partial charge in [-0.05, 0) is 5.56 Å². The summed E-state index contributed by atoms with van der Waals surface area (Å²) in [6, 6.07) is 10.5. The van der Waals surface area contributed by atoms with Crippen LogP contribution < -0.4 is 9.63 Å². The summed E-state index contributed by atoms with van der Waals surface area (Å²) in [6.45, 7) is 1.02. The standard InChI is InChI=1S/C7H14N2Si2/c10-9-11-8-6-7-4-2-1-3-5-7/h1-5,8-9H,6,11H2,10H3. The van der Waals surface area contributed by atoms with Crippen molar-refractivity contribution in [1.82, 2.24) is 9.63 Å². The minimum Gasteiger partial charge on any atom is -0.360 e. The van der Waals surface area contributed by atoms with Gasteiger partial charge in [0.1, 0.15) is 0 Å². The Hall–Kier alpha value is -0.426. The van der Waals surface area contributed by atoms with E-state index in [0.717, 1.165) is 16.9 Å². The molecule has 1 aromatic rings. The van der Waals surface area contributed by atoms with E-state index in [1.54, 1.807) is 0 Å². The maximum Gasteiger partial charge on any atom is 0.160 e. The molecule has 60 valence electrons. The lowest BCUT2D eigenvalue weighted by atomic mass is 10.2. The number of benzene rings is 1. The van der Waals surface area contributed by atoms with Gasteiger partial charge in [-0.15, -0.1) is 0 Å². The van der Waals surface area contributed by atoms with Crippen LogP contribution in [0.15, 0.2) is 30.3 Å². The Morgan fingerprint density at radius 3 is 2.64 bits per heavy atom. The van der Waals surface area contributed by atoms with Crippen LogP contribution in [0, 0.1) is 0 Å². The molecule has 4 heteroatoms. The quantitative estimate of drug-likeness (QED) is 0.444. The maximum absolute atomic E-state index is 3.41. The van der Waals surface area contributed by atoms with Crippen molar-refractivity contribution in [3.63, 3.8) is 0 Å². The van der Waals surface area contributed by atoms with Gasteiger partial charge in [0.15, 0.2) is 9.84 Å². The monoisotopic (exact) mass is 182 g/mol.